The number of nitrogens with zero attached hydrogens (tertiary/aromatic N) is 1. The zero-order chi connectivity index (χ0) is 13.0. The molecule has 0 spiro atoms. The van der Waals surface area contributed by atoms with E-state index in [1.54, 1.807) is 6.07 Å². The largest absolute Gasteiger partial charge is 0.386 e. The Morgan fingerprint density at radius 2 is 2.50 bits per heavy atom. The van der Waals surface area contributed by atoms with Crippen LogP contribution in [0.15, 0.2) is 18.3 Å². The maximum atomic E-state index is 12.0. The molecule has 1 amide bonds. The molecule has 2 heterocycles. The standard InChI is InChI=1S/C13H20N2O3/c1-2-6-15-7-3-4-11(15)12(16)14-9-13(17)5-8-18-10-13/h3-4,7,17H,2,5-6,8-10H2,1H3,(H,14,16). The number of carbonyl (C=O) groups excluding carboxylic acids is 1. The highest BCUT2D eigenvalue weighted by Gasteiger charge is 2.32. The summed E-state index contributed by atoms with van der Waals surface area (Å²) in [5, 5.41) is 12.8. The van der Waals surface area contributed by atoms with Gasteiger partial charge in [0.25, 0.3) is 5.91 Å². The third-order valence-corrected chi connectivity index (χ3v) is 3.19. The van der Waals surface area contributed by atoms with Gasteiger partial charge in [0.05, 0.1) is 6.61 Å². The Labute approximate surface area is 107 Å². The zero-order valence-electron chi connectivity index (χ0n) is 10.7. The lowest BCUT2D eigenvalue weighted by Crippen LogP contribution is -2.43. The fraction of sp³-hybridized carbons (Fsp3) is 0.615. The van der Waals surface area contributed by atoms with Crippen molar-refractivity contribution in [1.82, 2.24) is 9.88 Å². The van der Waals surface area contributed by atoms with Crippen LogP contribution >= 0.6 is 0 Å². The number of nitrogens with one attached hydrogen (secondary N) is 1. The Hall–Kier alpha value is -1.33. The molecule has 1 aromatic rings. The predicted octanol–water partition coefficient (Wildman–Crippen LogP) is 0.779. The highest BCUT2D eigenvalue weighted by Crippen LogP contribution is 2.17. The van der Waals surface area contributed by atoms with E-state index in [9.17, 15) is 9.90 Å². The highest BCUT2D eigenvalue weighted by atomic mass is 16.5. The van der Waals surface area contributed by atoms with E-state index in [2.05, 4.69) is 12.2 Å². The lowest BCUT2D eigenvalue weighted by molar-refractivity contribution is 0.0263. The molecule has 5 nitrogen and oxygen atoms in total. The molecule has 1 atom stereocenters. The Morgan fingerprint density at radius 1 is 1.67 bits per heavy atom. The normalized spacial score (nSPS) is 23.2. The fourth-order valence-corrected chi connectivity index (χ4v) is 2.13. The van der Waals surface area contributed by atoms with Crippen LogP contribution in [-0.4, -0.2) is 40.9 Å². The van der Waals surface area contributed by atoms with Gasteiger partial charge in [-0.25, -0.2) is 0 Å². The van der Waals surface area contributed by atoms with E-state index in [0.717, 1.165) is 13.0 Å². The monoisotopic (exact) mass is 252 g/mol. The molecule has 0 aliphatic carbocycles. The Morgan fingerprint density at radius 3 is 3.17 bits per heavy atom. The summed E-state index contributed by atoms with van der Waals surface area (Å²) >= 11 is 0. The van der Waals surface area contributed by atoms with Gasteiger partial charge in [0.2, 0.25) is 0 Å². The van der Waals surface area contributed by atoms with Crippen molar-refractivity contribution in [2.75, 3.05) is 19.8 Å². The van der Waals surface area contributed by atoms with Gasteiger partial charge < -0.3 is 19.7 Å². The number of hydrogen-bond acceptors (Lipinski definition) is 3. The number of ether oxygens (including phenoxy) is 1. The van der Waals surface area contributed by atoms with Gasteiger partial charge in [0.15, 0.2) is 0 Å². The van der Waals surface area contributed by atoms with E-state index in [-0.39, 0.29) is 12.5 Å². The average Bonchev–Trinajstić information content (AvgIpc) is 2.97. The quantitative estimate of drug-likeness (QED) is 0.814. The van der Waals surface area contributed by atoms with Gasteiger partial charge in [-0.2, -0.15) is 0 Å². The summed E-state index contributed by atoms with van der Waals surface area (Å²) in [5.74, 6) is -0.145. The van der Waals surface area contributed by atoms with Gasteiger partial charge in [-0.1, -0.05) is 6.92 Å². The first-order valence-electron chi connectivity index (χ1n) is 6.38. The van der Waals surface area contributed by atoms with Crippen LogP contribution in [-0.2, 0) is 11.3 Å². The zero-order valence-corrected chi connectivity index (χ0v) is 10.7. The average molecular weight is 252 g/mol. The van der Waals surface area contributed by atoms with Crippen LogP contribution in [0.2, 0.25) is 0 Å². The number of hydrogen-bond donors (Lipinski definition) is 2. The van der Waals surface area contributed by atoms with Gasteiger partial charge in [0, 0.05) is 32.3 Å². The Kier molecular flexibility index (Phi) is 4.04. The summed E-state index contributed by atoms with van der Waals surface area (Å²) in [6.45, 7) is 3.98. The third kappa shape index (κ3) is 2.91. The molecule has 0 radical (unpaired) electrons. The molecule has 0 aromatic carbocycles. The number of amides is 1. The van der Waals surface area contributed by atoms with Crippen molar-refractivity contribution >= 4 is 5.91 Å². The van der Waals surface area contributed by atoms with Gasteiger partial charge >= 0.3 is 0 Å². The van der Waals surface area contributed by atoms with Crippen molar-refractivity contribution in [3.05, 3.63) is 24.0 Å². The minimum Gasteiger partial charge on any atom is -0.386 e. The highest BCUT2D eigenvalue weighted by molar-refractivity contribution is 5.92. The molecular formula is C13H20N2O3. The van der Waals surface area contributed by atoms with E-state index in [1.807, 2.05) is 16.8 Å². The summed E-state index contributed by atoms with van der Waals surface area (Å²) in [7, 11) is 0. The van der Waals surface area contributed by atoms with Crippen molar-refractivity contribution in [2.24, 2.45) is 0 Å². The van der Waals surface area contributed by atoms with Crippen LogP contribution in [0.3, 0.4) is 0 Å². The predicted molar refractivity (Wildman–Crippen MR) is 67.4 cm³/mol. The topological polar surface area (TPSA) is 63.5 Å². The second kappa shape index (κ2) is 5.54. The first-order valence-corrected chi connectivity index (χ1v) is 6.38. The SMILES string of the molecule is CCCn1cccc1C(=O)NCC1(O)CCOC1. The molecule has 18 heavy (non-hydrogen) atoms. The summed E-state index contributed by atoms with van der Waals surface area (Å²) in [4.78, 5) is 12.0. The number of rotatable bonds is 5. The molecule has 5 heteroatoms. The molecule has 100 valence electrons. The number of aryl methyl sites for hydroxylation is 1. The smallest absolute Gasteiger partial charge is 0.268 e. The maximum absolute atomic E-state index is 12.0. The summed E-state index contributed by atoms with van der Waals surface area (Å²) in [6, 6.07) is 3.65. The van der Waals surface area contributed by atoms with E-state index in [0.29, 0.717) is 25.3 Å². The van der Waals surface area contributed by atoms with E-state index in [1.165, 1.54) is 0 Å². The van der Waals surface area contributed by atoms with Gasteiger partial charge in [-0.15, -0.1) is 0 Å². The van der Waals surface area contributed by atoms with Crippen LogP contribution in [0.25, 0.3) is 0 Å². The van der Waals surface area contributed by atoms with E-state index in [4.69, 9.17) is 4.74 Å². The molecule has 1 aromatic heterocycles. The molecule has 1 unspecified atom stereocenters. The maximum Gasteiger partial charge on any atom is 0.268 e. The summed E-state index contributed by atoms with van der Waals surface area (Å²) < 4.78 is 7.06. The van der Waals surface area contributed by atoms with Crippen LogP contribution in [0.1, 0.15) is 30.3 Å². The van der Waals surface area contributed by atoms with Gasteiger partial charge in [0.1, 0.15) is 11.3 Å². The van der Waals surface area contributed by atoms with Gasteiger partial charge in [-0.05, 0) is 18.6 Å². The molecule has 0 saturated carbocycles. The van der Waals surface area contributed by atoms with Gasteiger partial charge in [-0.3, -0.25) is 4.79 Å². The first kappa shape index (κ1) is 13.1. The van der Waals surface area contributed by atoms with Crippen LogP contribution < -0.4 is 5.32 Å². The molecule has 1 aliphatic heterocycles. The van der Waals surface area contributed by atoms with Crippen molar-refractivity contribution in [2.45, 2.75) is 31.9 Å². The summed E-state index contributed by atoms with van der Waals surface area (Å²) in [5.41, 5.74) is -0.267. The minimum absolute atomic E-state index is 0.145. The molecule has 1 saturated heterocycles. The molecule has 1 fully saturated rings. The number of aliphatic hydroxyl groups is 1. The van der Waals surface area contributed by atoms with Crippen LogP contribution in [0, 0.1) is 0 Å². The lowest BCUT2D eigenvalue weighted by atomic mass is 10.0. The molecule has 0 bridgehead atoms. The lowest BCUT2D eigenvalue weighted by Gasteiger charge is -2.20. The van der Waals surface area contributed by atoms with Crippen molar-refractivity contribution in [3.8, 4) is 0 Å². The number of aromatic nitrogens is 1. The second-order valence-electron chi connectivity index (χ2n) is 4.80. The Bertz CT molecular complexity index is 408. The van der Waals surface area contributed by atoms with Crippen molar-refractivity contribution in [3.63, 3.8) is 0 Å². The molecule has 2 N–H and O–H groups in total. The van der Waals surface area contributed by atoms with Crippen molar-refractivity contribution in [1.29, 1.82) is 0 Å². The third-order valence-electron chi connectivity index (χ3n) is 3.19. The molecular weight excluding hydrogens is 232 g/mol. The fourth-order valence-electron chi connectivity index (χ4n) is 2.13. The second-order valence-corrected chi connectivity index (χ2v) is 4.80. The summed E-state index contributed by atoms with van der Waals surface area (Å²) in [6.07, 6.45) is 3.45. The van der Waals surface area contributed by atoms with Crippen molar-refractivity contribution < 1.29 is 14.6 Å². The Balaban J connectivity index is 1.93. The van der Waals surface area contributed by atoms with Crippen LogP contribution in [0.5, 0.6) is 0 Å². The first-order chi connectivity index (χ1) is 8.64. The minimum atomic E-state index is -0.905. The van der Waals surface area contributed by atoms with E-state index < -0.39 is 5.60 Å². The van der Waals surface area contributed by atoms with E-state index >= 15 is 0 Å². The molecule has 1 aliphatic rings. The number of carbonyl (C=O) groups is 1. The van der Waals surface area contributed by atoms with Crippen LogP contribution in [0.4, 0.5) is 0 Å². The molecule has 2 rings (SSSR count).